The fourth-order valence-corrected chi connectivity index (χ4v) is 0.755. The van der Waals surface area contributed by atoms with Crippen LogP contribution in [0.3, 0.4) is 0 Å². The molecule has 1 aliphatic rings. The van der Waals surface area contributed by atoms with Gasteiger partial charge in [0, 0.05) is 5.71 Å². The molecule has 0 radical (unpaired) electrons. The Bertz CT molecular complexity index is 94.4. The van der Waals surface area contributed by atoms with Gasteiger partial charge in [0.15, 0.2) is 0 Å². The summed E-state index contributed by atoms with van der Waals surface area (Å²) in [4.78, 5) is 4.16. The summed E-state index contributed by atoms with van der Waals surface area (Å²) in [6.07, 6.45) is 2.54. The van der Waals surface area contributed by atoms with Crippen LogP contribution >= 0.6 is 0 Å². The molecular weight excluding hydrogens is 86.1 g/mol. The van der Waals surface area contributed by atoms with E-state index in [2.05, 4.69) is 18.8 Å². The second-order valence-electron chi connectivity index (χ2n) is 2.07. The Kier molecular flexibility index (Phi) is 1.13. The fourth-order valence-electron chi connectivity index (χ4n) is 0.755. The van der Waals surface area contributed by atoms with Gasteiger partial charge in [-0.05, 0) is 13.3 Å². The number of rotatable bonds is 2. The lowest BCUT2D eigenvalue weighted by Crippen LogP contribution is -1.89. The van der Waals surface area contributed by atoms with Gasteiger partial charge >= 0.3 is 0 Å². The van der Waals surface area contributed by atoms with E-state index in [4.69, 9.17) is 0 Å². The fraction of sp³-hybridized carbons (Fsp3) is 0.833. The molecule has 7 heavy (non-hydrogen) atoms. The minimum Gasteiger partial charge on any atom is -0.283 e. The van der Waals surface area contributed by atoms with E-state index in [1.165, 1.54) is 18.6 Å². The number of aliphatic imine (C=N–C) groups is 1. The Morgan fingerprint density at radius 2 is 2.29 bits per heavy atom. The average Bonchev–Trinajstić information content (AvgIpc) is 2.22. The Labute approximate surface area is 44.5 Å². The van der Waals surface area contributed by atoms with Crippen LogP contribution in [0.25, 0.3) is 0 Å². The van der Waals surface area contributed by atoms with Crippen LogP contribution in [0.1, 0.15) is 26.7 Å². The van der Waals surface area contributed by atoms with Gasteiger partial charge in [-0.15, -0.1) is 0 Å². The van der Waals surface area contributed by atoms with Crippen LogP contribution in [-0.4, -0.2) is 11.8 Å². The molecule has 1 atom stereocenters. The average molecular weight is 97.2 g/mol. The Morgan fingerprint density at radius 1 is 1.71 bits per heavy atom. The van der Waals surface area contributed by atoms with Crippen LogP contribution in [0.5, 0.6) is 0 Å². The van der Waals surface area contributed by atoms with E-state index in [9.17, 15) is 0 Å². The Hall–Kier alpha value is -0.330. The molecule has 0 aromatic heterocycles. The summed E-state index contributed by atoms with van der Waals surface area (Å²) in [7, 11) is 0. The van der Waals surface area contributed by atoms with E-state index in [1.54, 1.807) is 0 Å². The van der Waals surface area contributed by atoms with Crippen molar-refractivity contribution in [1.29, 1.82) is 0 Å². The van der Waals surface area contributed by atoms with E-state index >= 15 is 0 Å². The van der Waals surface area contributed by atoms with E-state index < -0.39 is 0 Å². The van der Waals surface area contributed by atoms with Crippen molar-refractivity contribution < 1.29 is 0 Å². The van der Waals surface area contributed by atoms with E-state index in [0.717, 1.165) is 0 Å². The third kappa shape index (κ3) is 1.02. The quantitative estimate of drug-likeness (QED) is 0.496. The minimum absolute atomic E-state index is 0.657. The lowest BCUT2D eigenvalue weighted by molar-refractivity contribution is 0.796. The van der Waals surface area contributed by atoms with Gasteiger partial charge in [-0.2, -0.15) is 0 Å². The first-order valence-corrected chi connectivity index (χ1v) is 2.89. The molecule has 1 nitrogen and oxygen atoms in total. The van der Waals surface area contributed by atoms with Gasteiger partial charge in [-0.25, -0.2) is 0 Å². The zero-order valence-corrected chi connectivity index (χ0v) is 4.94. The summed E-state index contributed by atoms with van der Waals surface area (Å²) >= 11 is 0. The third-order valence-corrected chi connectivity index (χ3v) is 1.34. The highest BCUT2D eigenvalue weighted by atomic mass is 14.9. The van der Waals surface area contributed by atoms with Crippen LogP contribution in [-0.2, 0) is 0 Å². The SMILES string of the molecule is CCCC1N=C1C. The molecule has 0 fully saturated rings. The van der Waals surface area contributed by atoms with Crippen LogP contribution in [0, 0.1) is 0 Å². The summed E-state index contributed by atoms with van der Waals surface area (Å²) in [5.41, 5.74) is 1.35. The van der Waals surface area contributed by atoms with Gasteiger partial charge in [0.05, 0.1) is 6.04 Å². The monoisotopic (exact) mass is 97.1 g/mol. The van der Waals surface area contributed by atoms with Crippen LogP contribution in [0.15, 0.2) is 4.99 Å². The molecule has 0 amide bonds. The smallest absolute Gasteiger partial charge is 0.0873 e. The van der Waals surface area contributed by atoms with Gasteiger partial charge in [0.2, 0.25) is 0 Å². The van der Waals surface area contributed by atoms with Crippen molar-refractivity contribution in [3.05, 3.63) is 0 Å². The lowest BCUT2D eigenvalue weighted by atomic mass is 10.2. The molecular formula is C6H11N. The molecule has 1 aliphatic heterocycles. The molecule has 1 heterocycles. The standard InChI is InChI=1S/C6H11N/c1-3-4-6-5(2)7-6/h6H,3-4H2,1-2H3. The predicted molar refractivity (Wildman–Crippen MR) is 31.8 cm³/mol. The molecule has 0 bridgehead atoms. The summed E-state index contributed by atoms with van der Waals surface area (Å²) < 4.78 is 0. The zero-order chi connectivity index (χ0) is 5.28. The molecule has 40 valence electrons. The summed E-state index contributed by atoms with van der Waals surface area (Å²) in [5.74, 6) is 0. The molecule has 0 spiro atoms. The topological polar surface area (TPSA) is 12.4 Å². The molecule has 0 saturated carbocycles. The number of nitrogens with zero attached hydrogens (tertiary/aromatic N) is 1. The Morgan fingerprint density at radius 3 is 2.43 bits per heavy atom. The van der Waals surface area contributed by atoms with Crippen molar-refractivity contribution >= 4 is 5.71 Å². The first-order valence-electron chi connectivity index (χ1n) is 2.89. The van der Waals surface area contributed by atoms with Crippen LogP contribution < -0.4 is 0 Å². The summed E-state index contributed by atoms with van der Waals surface area (Å²) in [6, 6.07) is 0.657. The van der Waals surface area contributed by atoms with Crippen LogP contribution in [0.2, 0.25) is 0 Å². The van der Waals surface area contributed by atoms with Gasteiger partial charge in [0.25, 0.3) is 0 Å². The van der Waals surface area contributed by atoms with Gasteiger partial charge in [-0.3, -0.25) is 4.99 Å². The number of hydrogen-bond acceptors (Lipinski definition) is 1. The first-order chi connectivity index (χ1) is 3.34. The molecule has 0 aromatic rings. The molecule has 1 rings (SSSR count). The van der Waals surface area contributed by atoms with Crippen molar-refractivity contribution in [2.24, 2.45) is 4.99 Å². The maximum atomic E-state index is 4.16. The normalized spacial score (nSPS) is 27.1. The highest BCUT2D eigenvalue weighted by molar-refractivity contribution is 5.98. The highest BCUT2D eigenvalue weighted by Gasteiger charge is 2.19. The first kappa shape index (κ1) is 4.82. The van der Waals surface area contributed by atoms with E-state index in [-0.39, 0.29) is 0 Å². The predicted octanol–water partition coefficient (Wildman–Crippen LogP) is 1.63. The summed E-state index contributed by atoms with van der Waals surface area (Å²) in [5, 5.41) is 0. The van der Waals surface area contributed by atoms with E-state index in [1.807, 2.05) is 0 Å². The highest BCUT2D eigenvalue weighted by Crippen LogP contribution is 2.15. The molecule has 0 aliphatic carbocycles. The largest absolute Gasteiger partial charge is 0.283 e. The van der Waals surface area contributed by atoms with E-state index in [0.29, 0.717) is 6.04 Å². The van der Waals surface area contributed by atoms with Gasteiger partial charge in [0.1, 0.15) is 0 Å². The van der Waals surface area contributed by atoms with Crippen LogP contribution in [0.4, 0.5) is 0 Å². The zero-order valence-electron chi connectivity index (χ0n) is 4.94. The second kappa shape index (κ2) is 1.65. The molecule has 0 aromatic carbocycles. The van der Waals surface area contributed by atoms with Crippen molar-refractivity contribution in [3.8, 4) is 0 Å². The number of hydrogen-bond donors (Lipinski definition) is 0. The van der Waals surface area contributed by atoms with Crippen molar-refractivity contribution in [1.82, 2.24) is 0 Å². The third-order valence-electron chi connectivity index (χ3n) is 1.34. The Balaban J connectivity index is 2.03. The van der Waals surface area contributed by atoms with Gasteiger partial charge in [-0.1, -0.05) is 13.3 Å². The maximum absolute atomic E-state index is 4.16. The molecule has 0 N–H and O–H groups in total. The van der Waals surface area contributed by atoms with Crippen molar-refractivity contribution in [2.45, 2.75) is 32.7 Å². The van der Waals surface area contributed by atoms with Crippen molar-refractivity contribution in [3.63, 3.8) is 0 Å². The van der Waals surface area contributed by atoms with Crippen molar-refractivity contribution in [2.75, 3.05) is 0 Å². The van der Waals surface area contributed by atoms with Gasteiger partial charge < -0.3 is 0 Å². The second-order valence-corrected chi connectivity index (χ2v) is 2.07. The minimum atomic E-state index is 0.657. The summed E-state index contributed by atoms with van der Waals surface area (Å²) in [6.45, 7) is 4.29. The molecule has 0 saturated heterocycles. The maximum Gasteiger partial charge on any atom is 0.0873 e. The molecule has 1 unspecified atom stereocenters. The molecule has 1 heteroatoms. The lowest BCUT2D eigenvalue weighted by Gasteiger charge is -1.84.